The van der Waals surface area contributed by atoms with Crippen molar-refractivity contribution >= 4 is 6.09 Å². The summed E-state index contributed by atoms with van der Waals surface area (Å²) < 4.78 is 4.93. The van der Waals surface area contributed by atoms with Crippen LogP contribution in [0, 0.1) is 5.92 Å². The Morgan fingerprint density at radius 3 is 3.15 bits per heavy atom. The molecule has 4 heteroatoms. The van der Waals surface area contributed by atoms with E-state index in [0.29, 0.717) is 12.5 Å². The zero-order valence-electron chi connectivity index (χ0n) is 7.95. The van der Waals surface area contributed by atoms with Crippen LogP contribution in [0.5, 0.6) is 0 Å². The Hall–Kier alpha value is -0.770. The van der Waals surface area contributed by atoms with E-state index in [0.717, 1.165) is 25.9 Å². The van der Waals surface area contributed by atoms with Crippen LogP contribution in [-0.4, -0.2) is 36.2 Å². The van der Waals surface area contributed by atoms with Crippen molar-refractivity contribution in [2.45, 2.75) is 25.3 Å². The SMILES string of the molecule is CCOC(=O)N1CCC2(N)CC2C1. The van der Waals surface area contributed by atoms with Gasteiger partial charge in [-0.15, -0.1) is 0 Å². The molecule has 0 aromatic rings. The smallest absolute Gasteiger partial charge is 0.409 e. The van der Waals surface area contributed by atoms with E-state index in [1.54, 1.807) is 4.90 Å². The number of nitrogens with two attached hydrogens (primary N) is 1. The highest BCUT2D eigenvalue weighted by atomic mass is 16.6. The summed E-state index contributed by atoms with van der Waals surface area (Å²) in [5.74, 6) is 0.519. The van der Waals surface area contributed by atoms with Gasteiger partial charge < -0.3 is 15.4 Å². The molecule has 2 N–H and O–H groups in total. The number of piperidine rings is 1. The molecule has 1 saturated carbocycles. The number of carbonyl (C=O) groups is 1. The number of amides is 1. The van der Waals surface area contributed by atoms with Crippen LogP contribution in [0.3, 0.4) is 0 Å². The minimum absolute atomic E-state index is 0.0585. The molecule has 0 spiro atoms. The first-order chi connectivity index (χ1) is 6.15. The van der Waals surface area contributed by atoms with Gasteiger partial charge in [0.25, 0.3) is 0 Å². The third-order valence-electron chi connectivity index (χ3n) is 3.09. The maximum absolute atomic E-state index is 11.3. The monoisotopic (exact) mass is 184 g/mol. The maximum atomic E-state index is 11.3. The summed E-state index contributed by atoms with van der Waals surface area (Å²) in [6.45, 7) is 3.82. The summed E-state index contributed by atoms with van der Waals surface area (Å²) in [7, 11) is 0. The number of hydrogen-bond donors (Lipinski definition) is 1. The fourth-order valence-corrected chi connectivity index (χ4v) is 2.03. The Morgan fingerprint density at radius 2 is 2.54 bits per heavy atom. The van der Waals surface area contributed by atoms with Crippen molar-refractivity contribution in [2.24, 2.45) is 11.7 Å². The largest absolute Gasteiger partial charge is 0.450 e. The molecule has 1 heterocycles. The number of carbonyl (C=O) groups excluding carboxylic acids is 1. The van der Waals surface area contributed by atoms with Crippen molar-refractivity contribution in [1.29, 1.82) is 0 Å². The number of hydrogen-bond acceptors (Lipinski definition) is 3. The van der Waals surface area contributed by atoms with Gasteiger partial charge in [-0.25, -0.2) is 4.79 Å². The Kier molecular flexibility index (Phi) is 1.95. The topological polar surface area (TPSA) is 55.6 Å². The molecule has 13 heavy (non-hydrogen) atoms. The van der Waals surface area contributed by atoms with Gasteiger partial charge in [-0.3, -0.25) is 0 Å². The summed E-state index contributed by atoms with van der Waals surface area (Å²) in [6.07, 6.45) is 1.82. The highest BCUT2D eigenvalue weighted by molar-refractivity contribution is 5.68. The predicted molar refractivity (Wildman–Crippen MR) is 48.2 cm³/mol. The molecule has 2 rings (SSSR count). The van der Waals surface area contributed by atoms with Gasteiger partial charge in [0.05, 0.1) is 6.61 Å². The molecular formula is C9H16N2O2. The van der Waals surface area contributed by atoms with E-state index >= 15 is 0 Å². The number of fused-ring (bicyclic) bond motifs is 1. The van der Waals surface area contributed by atoms with Crippen LogP contribution in [0.25, 0.3) is 0 Å². The number of likely N-dealkylation sites (tertiary alicyclic amines) is 1. The van der Waals surface area contributed by atoms with Gasteiger partial charge in [-0.2, -0.15) is 0 Å². The van der Waals surface area contributed by atoms with Crippen LogP contribution in [0.1, 0.15) is 19.8 Å². The lowest BCUT2D eigenvalue weighted by Gasteiger charge is -2.28. The molecule has 0 aromatic carbocycles. The van der Waals surface area contributed by atoms with E-state index in [9.17, 15) is 4.79 Å². The first kappa shape index (κ1) is 8.81. The Bertz CT molecular complexity index is 232. The molecule has 4 nitrogen and oxygen atoms in total. The molecule has 2 aliphatic rings. The maximum Gasteiger partial charge on any atom is 0.409 e. The van der Waals surface area contributed by atoms with Gasteiger partial charge in [-0.1, -0.05) is 0 Å². The summed E-state index contributed by atoms with van der Waals surface area (Å²) in [5, 5.41) is 0. The second-order valence-corrected chi connectivity index (χ2v) is 4.03. The Morgan fingerprint density at radius 1 is 1.77 bits per heavy atom. The van der Waals surface area contributed by atoms with Gasteiger partial charge >= 0.3 is 6.09 Å². The van der Waals surface area contributed by atoms with Crippen molar-refractivity contribution in [1.82, 2.24) is 4.90 Å². The van der Waals surface area contributed by atoms with Crippen LogP contribution in [-0.2, 0) is 4.74 Å². The summed E-state index contributed by atoms with van der Waals surface area (Å²) in [5.41, 5.74) is 6.07. The van der Waals surface area contributed by atoms with Crippen molar-refractivity contribution in [2.75, 3.05) is 19.7 Å². The summed E-state index contributed by atoms with van der Waals surface area (Å²) in [6, 6.07) is 0. The minimum Gasteiger partial charge on any atom is -0.450 e. The summed E-state index contributed by atoms with van der Waals surface area (Å²) >= 11 is 0. The second-order valence-electron chi connectivity index (χ2n) is 4.03. The lowest BCUT2D eigenvalue weighted by Crippen LogP contribution is -2.44. The van der Waals surface area contributed by atoms with Gasteiger partial charge in [0.1, 0.15) is 0 Å². The van der Waals surface area contributed by atoms with Crippen LogP contribution in [0.2, 0.25) is 0 Å². The van der Waals surface area contributed by atoms with Crippen molar-refractivity contribution in [3.8, 4) is 0 Å². The molecule has 74 valence electrons. The summed E-state index contributed by atoms with van der Waals surface area (Å²) in [4.78, 5) is 13.1. The van der Waals surface area contributed by atoms with Crippen LogP contribution >= 0.6 is 0 Å². The first-order valence-electron chi connectivity index (χ1n) is 4.86. The fraction of sp³-hybridized carbons (Fsp3) is 0.889. The molecule has 1 saturated heterocycles. The third kappa shape index (κ3) is 1.50. The second kappa shape index (κ2) is 2.87. The number of nitrogens with zero attached hydrogens (tertiary/aromatic N) is 1. The lowest BCUT2D eigenvalue weighted by atomic mass is 10.1. The molecule has 2 unspecified atom stereocenters. The van der Waals surface area contributed by atoms with Crippen molar-refractivity contribution in [3.05, 3.63) is 0 Å². The third-order valence-corrected chi connectivity index (χ3v) is 3.09. The molecule has 1 amide bonds. The molecule has 0 radical (unpaired) electrons. The highest BCUT2D eigenvalue weighted by Gasteiger charge is 2.54. The van der Waals surface area contributed by atoms with Crippen molar-refractivity contribution < 1.29 is 9.53 Å². The molecular weight excluding hydrogens is 168 g/mol. The number of ether oxygens (including phenoxy) is 1. The van der Waals surface area contributed by atoms with E-state index in [1.807, 2.05) is 6.92 Å². The average Bonchev–Trinajstić information content (AvgIpc) is 2.75. The van der Waals surface area contributed by atoms with Crippen LogP contribution in [0.15, 0.2) is 0 Å². The first-order valence-corrected chi connectivity index (χ1v) is 4.86. The highest BCUT2D eigenvalue weighted by Crippen LogP contribution is 2.47. The molecule has 0 bridgehead atoms. The molecule has 2 fully saturated rings. The van der Waals surface area contributed by atoms with E-state index in [-0.39, 0.29) is 11.6 Å². The standard InChI is InChI=1S/C9H16N2O2/c1-2-13-8(12)11-4-3-9(10)5-7(9)6-11/h7H,2-6,10H2,1H3. The van der Waals surface area contributed by atoms with Gasteiger partial charge in [0.2, 0.25) is 0 Å². The quantitative estimate of drug-likeness (QED) is 0.648. The van der Waals surface area contributed by atoms with Gasteiger partial charge in [0, 0.05) is 18.6 Å². The molecule has 1 aliphatic heterocycles. The van der Waals surface area contributed by atoms with Gasteiger partial charge in [-0.05, 0) is 25.7 Å². The van der Waals surface area contributed by atoms with E-state index < -0.39 is 0 Å². The molecule has 2 atom stereocenters. The Labute approximate surface area is 78.0 Å². The van der Waals surface area contributed by atoms with Gasteiger partial charge in [0.15, 0.2) is 0 Å². The fourth-order valence-electron chi connectivity index (χ4n) is 2.03. The average molecular weight is 184 g/mol. The normalized spacial score (nSPS) is 36.8. The predicted octanol–water partition coefficient (Wildman–Crippen LogP) is 0.566. The lowest BCUT2D eigenvalue weighted by molar-refractivity contribution is 0.0962. The molecule has 1 aliphatic carbocycles. The minimum atomic E-state index is -0.184. The Balaban J connectivity index is 1.87. The van der Waals surface area contributed by atoms with Crippen LogP contribution in [0.4, 0.5) is 4.79 Å². The zero-order valence-corrected chi connectivity index (χ0v) is 7.95. The van der Waals surface area contributed by atoms with E-state index in [4.69, 9.17) is 10.5 Å². The van der Waals surface area contributed by atoms with Crippen molar-refractivity contribution in [3.63, 3.8) is 0 Å². The zero-order chi connectivity index (χ0) is 9.47. The van der Waals surface area contributed by atoms with Crippen LogP contribution < -0.4 is 5.73 Å². The van der Waals surface area contributed by atoms with E-state index in [2.05, 4.69) is 0 Å². The molecule has 0 aromatic heterocycles. The van der Waals surface area contributed by atoms with E-state index in [1.165, 1.54) is 0 Å². The number of rotatable bonds is 1.